The predicted octanol–water partition coefficient (Wildman–Crippen LogP) is 5.63. The Hall–Kier alpha value is -0.850. The summed E-state index contributed by atoms with van der Waals surface area (Å²) in [6.45, 7) is 8.04. The first-order valence-corrected chi connectivity index (χ1v) is 9.32. The van der Waals surface area contributed by atoms with Gasteiger partial charge in [-0.3, -0.25) is 0 Å². The molecule has 1 nitrogen and oxygen atoms in total. The summed E-state index contributed by atoms with van der Waals surface area (Å²) in [5.41, 5.74) is 3.08. The van der Waals surface area contributed by atoms with Gasteiger partial charge in [-0.15, -0.1) is 0 Å². The Morgan fingerprint density at radius 3 is 1.71 bits per heavy atom. The third-order valence-corrected chi connectivity index (χ3v) is 4.19. The molecule has 21 heavy (non-hydrogen) atoms. The van der Waals surface area contributed by atoms with Crippen LogP contribution in [0.2, 0.25) is 0 Å². The minimum atomic E-state index is 1.20. The Morgan fingerprint density at radius 2 is 1.19 bits per heavy atom. The van der Waals surface area contributed by atoms with E-state index in [1.165, 1.54) is 77.2 Å². The van der Waals surface area contributed by atoms with Crippen LogP contribution in [0.4, 0.5) is 0 Å². The molecule has 0 radical (unpaired) electrons. The van der Waals surface area contributed by atoms with Gasteiger partial charge in [-0.2, -0.15) is 0 Å². The van der Waals surface area contributed by atoms with Crippen LogP contribution < -0.4 is 4.57 Å². The second-order valence-electron chi connectivity index (χ2n) is 6.41. The first kappa shape index (κ1) is 18.2. The van der Waals surface area contributed by atoms with Crippen molar-refractivity contribution >= 4 is 0 Å². The van der Waals surface area contributed by atoms with Crippen molar-refractivity contribution in [3.8, 4) is 0 Å². The summed E-state index contributed by atoms with van der Waals surface area (Å²) in [5.74, 6) is 0. The summed E-state index contributed by atoms with van der Waals surface area (Å²) < 4.78 is 2.46. The Morgan fingerprint density at radius 1 is 0.667 bits per heavy atom. The largest absolute Gasteiger partial charge is 0.205 e. The topological polar surface area (TPSA) is 3.88 Å². The van der Waals surface area contributed by atoms with E-state index in [9.17, 15) is 0 Å². The van der Waals surface area contributed by atoms with Crippen LogP contribution in [-0.2, 0) is 19.4 Å². The fourth-order valence-electron chi connectivity index (χ4n) is 2.84. The highest BCUT2D eigenvalue weighted by Gasteiger charge is 2.07. The maximum absolute atomic E-state index is 2.46. The summed E-state index contributed by atoms with van der Waals surface area (Å²) in [4.78, 5) is 0. The van der Waals surface area contributed by atoms with Crippen molar-refractivity contribution in [2.75, 3.05) is 0 Å². The van der Waals surface area contributed by atoms with Crippen molar-refractivity contribution in [3.63, 3.8) is 0 Å². The summed E-state index contributed by atoms with van der Waals surface area (Å²) in [6.07, 6.45) is 19.3. The van der Waals surface area contributed by atoms with Crippen molar-refractivity contribution in [3.05, 3.63) is 29.6 Å². The van der Waals surface area contributed by atoms with E-state index in [1.807, 2.05) is 0 Å². The highest BCUT2D eigenvalue weighted by molar-refractivity contribution is 5.15. The molecule has 0 spiro atoms. The second kappa shape index (κ2) is 11.8. The van der Waals surface area contributed by atoms with Gasteiger partial charge in [0.25, 0.3) is 0 Å². The molecule has 0 fully saturated rings. The number of rotatable bonds is 12. The van der Waals surface area contributed by atoms with Crippen molar-refractivity contribution in [2.24, 2.45) is 0 Å². The fourth-order valence-corrected chi connectivity index (χ4v) is 2.84. The molecule has 0 aliphatic rings. The molecule has 0 bridgehead atoms. The summed E-state index contributed by atoms with van der Waals surface area (Å²) >= 11 is 0. The second-order valence-corrected chi connectivity index (χ2v) is 6.41. The van der Waals surface area contributed by atoms with Crippen LogP contribution in [0.5, 0.6) is 0 Å². The number of nitrogens with zero attached hydrogens (tertiary/aromatic N) is 1. The number of aryl methyl sites for hydroxylation is 3. The lowest BCUT2D eigenvalue weighted by atomic mass is 10.0. The van der Waals surface area contributed by atoms with E-state index in [0.29, 0.717) is 0 Å². The van der Waals surface area contributed by atoms with Gasteiger partial charge in [-0.05, 0) is 38.2 Å². The minimum absolute atomic E-state index is 1.20. The number of hydrogen-bond donors (Lipinski definition) is 0. The van der Waals surface area contributed by atoms with Crippen LogP contribution in [0, 0.1) is 0 Å². The molecule has 0 unspecified atom stereocenters. The number of pyridine rings is 1. The molecule has 0 saturated carbocycles. The van der Waals surface area contributed by atoms with Gasteiger partial charge in [0.1, 0.15) is 6.54 Å². The monoisotopic (exact) mass is 290 g/mol. The van der Waals surface area contributed by atoms with Crippen molar-refractivity contribution < 1.29 is 4.57 Å². The van der Waals surface area contributed by atoms with Crippen LogP contribution in [0.25, 0.3) is 0 Å². The lowest BCUT2D eigenvalue weighted by Crippen LogP contribution is -2.34. The molecular formula is C20H36N+. The molecule has 0 N–H and O–H groups in total. The molecule has 120 valence electrons. The smallest absolute Gasteiger partial charge is 0.171 e. The first-order valence-electron chi connectivity index (χ1n) is 9.32. The van der Waals surface area contributed by atoms with Gasteiger partial charge >= 0.3 is 0 Å². The number of hydrogen-bond acceptors (Lipinski definition) is 0. The fraction of sp³-hybridized carbons (Fsp3) is 0.750. The standard InChI is InChI=1S/C20H36N/c1-4-7-10-11-12-15-21-17-19(13-8-5-2)16-20(18-21)14-9-6-3/h16-18H,4-15H2,1-3H3/q+1. The van der Waals surface area contributed by atoms with Gasteiger partial charge in [-0.1, -0.05) is 52.9 Å². The molecule has 0 aliphatic heterocycles. The van der Waals surface area contributed by atoms with Crippen LogP contribution in [0.1, 0.15) is 89.7 Å². The van der Waals surface area contributed by atoms with E-state index in [2.05, 4.69) is 43.8 Å². The number of aromatic nitrogens is 1. The summed E-state index contributed by atoms with van der Waals surface area (Å²) in [6, 6.07) is 2.44. The zero-order valence-electron chi connectivity index (χ0n) is 14.7. The van der Waals surface area contributed by atoms with Gasteiger partial charge in [0, 0.05) is 17.5 Å². The minimum Gasteiger partial charge on any atom is -0.205 e. The molecule has 1 heterocycles. The molecule has 1 aromatic heterocycles. The Labute approximate surface area is 132 Å². The molecule has 0 amide bonds. The molecular weight excluding hydrogens is 254 g/mol. The van der Waals surface area contributed by atoms with Crippen LogP contribution in [-0.4, -0.2) is 0 Å². The van der Waals surface area contributed by atoms with E-state index in [1.54, 1.807) is 11.1 Å². The zero-order valence-corrected chi connectivity index (χ0v) is 14.7. The highest BCUT2D eigenvalue weighted by atomic mass is 14.9. The van der Waals surface area contributed by atoms with Crippen molar-refractivity contribution in [1.82, 2.24) is 0 Å². The summed E-state index contributed by atoms with van der Waals surface area (Å²) in [5, 5.41) is 0. The van der Waals surface area contributed by atoms with E-state index >= 15 is 0 Å². The Balaban J connectivity index is 2.57. The lowest BCUT2D eigenvalue weighted by Gasteiger charge is -2.05. The molecule has 1 heteroatoms. The van der Waals surface area contributed by atoms with E-state index < -0.39 is 0 Å². The third kappa shape index (κ3) is 8.24. The van der Waals surface area contributed by atoms with Crippen molar-refractivity contribution in [1.29, 1.82) is 0 Å². The quantitative estimate of drug-likeness (QED) is 0.347. The average molecular weight is 291 g/mol. The SMILES string of the molecule is CCCCCCC[n+]1cc(CCCC)cc(CCCC)c1. The third-order valence-electron chi connectivity index (χ3n) is 4.19. The van der Waals surface area contributed by atoms with Gasteiger partial charge in [-0.25, -0.2) is 4.57 Å². The van der Waals surface area contributed by atoms with E-state index in [4.69, 9.17) is 0 Å². The van der Waals surface area contributed by atoms with Gasteiger partial charge in [0.15, 0.2) is 12.4 Å². The van der Waals surface area contributed by atoms with Crippen LogP contribution >= 0.6 is 0 Å². The normalized spacial score (nSPS) is 11.0. The summed E-state index contributed by atoms with van der Waals surface area (Å²) in [7, 11) is 0. The molecule has 0 aromatic carbocycles. The van der Waals surface area contributed by atoms with Crippen LogP contribution in [0.3, 0.4) is 0 Å². The molecule has 0 aliphatic carbocycles. The van der Waals surface area contributed by atoms with E-state index in [0.717, 1.165) is 0 Å². The molecule has 0 atom stereocenters. The zero-order chi connectivity index (χ0) is 15.3. The maximum atomic E-state index is 2.46. The van der Waals surface area contributed by atoms with Crippen molar-refractivity contribution in [2.45, 2.75) is 97.9 Å². The lowest BCUT2D eigenvalue weighted by molar-refractivity contribution is -0.698. The predicted molar refractivity (Wildman–Crippen MR) is 92.6 cm³/mol. The van der Waals surface area contributed by atoms with Gasteiger partial charge in [0.2, 0.25) is 0 Å². The number of unbranched alkanes of at least 4 members (excludes halogenated alkanes) is 6. The Kier molecular flexibility index (Phi) is 10.2. The highest BCUT2D eigenvalue weighted by Crippen LogP contribution is 2.10. The van der Waals surface area contributed by atoms with Gasteiger partial charge in [0.05, 0.1) is 0 Å². The maximum Gasteiger partial charge on any atom is 0.171 e. The molecule has 1 aromatic rings. The first-order chi connectivity index (χ1) is 10.3. The van der Waals surface area contributed by atoms with Gasteiger partial charge < -0.3 is 0 Å². The van der Waals surface area contributed by atoms with E-state index in [-0.39, 0.29) is 0 Å². The Bertz CT molecular complexity index is 344. The average Bonchev–Trinajstić information content (AvgIpc) is 2.50. The molecule has 0 saturated heterocycles. The van der Waals surface area contributed by atoms with Crippen LogP contribution in [0.15, 0.2) is 18.5 Å². The molecule has 1 rings (SSSR count).